The monoisotopic (exact) mass is 242 g/mol. The molecule has 1 rings (SSSR count). The van der Waals surface area contributed by atoms with Crippen molar-refractivity contribution < 1.29 is 8.42 Å². The maximum atomic E-state index is 12.1. The van der Waals surface area contributed by atoms with Crippen molar-refractivity contribution in [1.29, 1.82) is 0 Å². The zero-order valence-electron chi connectivity index (χ0n) is 9.90. The normalized spacial score (nSPS) is 12.0. The Kier molecular flexibility index (Phi) is 3.93. The first-order valence-corrected chi connectivity index (χ1v) is 6.66. The van der Waals surface area contributed by atoms with E-state index in [9.17, 15) is 8.42 Å². The van der Waals surface area contributed by atoms with Crippen LogP contribution in [0.3, 0.4) is 0 Å². The van der Waals surface area contributed by atoms with Gasteiger partial charge < -0.3 is 5.73 Å². The molecule has 0 heterocycles. The number of nitrogen functional groups attached to an aromatic ring is 1. The molecule has 0 atom stereocenters. The van der Waals surface area contributed by atoms with E-state index in [0.717, 1.165) is 6.42 Å². The highest BCUT2D eigenvalue weighted by Gasteiger charge is 2.21. The van der Waals surface area contributed by atoms with Crippen LogP contribution in [0, 0.1) is 6.92 Å². The first-order chi connectivity index (χ1) is 7.39. The minimum absolute atomic E-state index is 0.331. The van der Waals surface area contributed by atoms with Gasteiger partial charge in [-0.3, -0.25) is 0 Å². The summed E-state index contributed by atoms with van der Waals surface area (Å²) in [4.78, 5) is 0.331. The number of benzene rings is 1. The van der Waals surface area contributed by atoms with Crippen LogP contribution in [0.5, 0.6) is 0 Å². The number of aryl methyl sites for hydroxylation is 1. The molecule has 2 N–H and O–H groups in total. The standard InChI is InChI=1S/C11H18N2O2S/c1-4-7-13(3)16(14,15)11-6-5-10(12)8-9(11)2/h5-6,8H,4,7,12H2,1-3H3. The second kappa shape index (κ2) is 4.84. The van der Waals surface area contributed by atoms with Gasteiger partial charge in [0.15, 0.2) is 0 Å². The predicted octanol–water partition coefficient (Wildman–Crippen LogP) is 1.61. The molecule has 0 aliphatic heterocycles. The molecule has 4 nitrogen and oxygen atoms in total. The number of nitrogens with zero attached hydrogens (tertiary/aromatic N) is 1. The maximum absolute atomic E-state index is 12.1. The number of hydrogen-bond donors (Lipinski definition) is 1. The van der Waals surface area contributed by atoms with Gasteiger partial charge in [-0.05, 0) is 37.1 Å². The summed E-state index contributed by atoms with van der Waals surface area (Å²) < 4.78 is 25.6. The molecule has 0 fully saturated rings. The van der Waals surface area contributed by atoms with E-state index in [-0.39, 0.29) is 0 Å². The van der Waals surface area contributed by atoms with Gasteiger partial charge in [0.1, 0.15) is 0 Å². The Morgan fingerprint density at radius 2 is 2.00 bits per heavy atom. The highest BCUT2D eigenvalue weighted by atomic mass is 32.2. The molecule has 1 aromatic rings. The van der Waals surface area contributed by atoms with Gasteiger partial charge in [0, 0.05) is 19.3 Å². The van der Waals surface area contributed by atoms with Crippen molar-refractivity contribution in [2.75, 3.05) is 19.3 Å². The summed E-state index contributed by atoms with van der Waals surface area (Å²) in [5.74, 6) is 0. The highest BCUT2D eigenvalue weighted by molar-refractivity contribution is 7.89. The number of nitrogens with two attached hydrogens (primary N) is 1. The fraction of sp³-hybridized carbons (Fsp3) is 0.455. The molecule has 0 unspecified atom stereocenters. The number of hydrogen-bond acceptors (Lipinski definition) is 3. The Morgan fingerprint density at radius 3 is 2.50 bits per heavy atom. The zero-order chi connectivity index (χ0) is 12.3. The lowest BCUT2D eigenvalue weighted by Gasteiger charge is -2.17. The molecule has 0 bridgehead atoms. The predicted molar refractivity (Wildman–Crippen MR) is 65.7 cm³/mol. The van der Waals surface area contributed by atoms with Crippen molar-refractivity contribution >= 4 is 15.7 Å². The lowest BCUT2D eigenvalue weighted by atomic mass is 10.2. The van der Waals surface area contributed by atoms with Gasteiger partial charge >= 0.3 is 0 Å². The van der Waals surface area contributed by atoms with E-state index in [1.54, 1.807) is 32.2 Å². The van der Waals surface area contributed by atoms with Gasteiger partial charge in [0.2, 0.25) is 10.0 Å². The Morgan fingerprint density at radius 1 is 1.38 bits per heavy atom. The van der Waals surface area contributed by atoms with Crippen molar-refractivity contribution in [2.45, 2.75) is 25.2 Å². The number of anilines is 1. The molecular weight excluding hydrogens is 224 g/mol. The van der Waals surface area contributed by atoms with E-state index in [4.69, 9.17) is 5.73 Å². The van der Waals surface area contributed by atoms with Crippen LogP contribution in [0.4, 0.5) is 5.69 Å². The molecule has 90 valence electrons. The third-order valence-electron chi connectivity index (χ3n) is 2.43. The van der Waals surface area contributed by atoms with Crippen LogP contribution in [-0.4, -0.2) is 26.3 Å². The molecule has 0 saturated heterocycles. The molecule has 0 radical (unpaired) electrons. The van der Waals surface area contributed by atoms with E-state index >= 15 is 0 Å². The molecule has 0 aromatic heterocycles. The van der Waals surface area contributed by atoms with Crippen LogP contribution < -0.4 is 5.73 Å². The van der Waals surface area contributed by atoms with Gasteiger partial charge in [-0.25, -0.2) is 12.7 Å². The summed E-state index contributed by atoms with van der Waals surface area (Å²) in [7, 11) is -1.78. The van der Waals surface area contributed by atoms with Crippen LogP contribution in [0.25, 0.3) is 0 Å². The van der Waals surface area contributed by atoms with Crippen LogP contribution in [-0.2, 0) is 10.0 Å². The minimum atomic E-state index is -3.37. The van der Waals surface area contributed by atoms with E-state index < -0.39 is 10.0 Å². The van der Waals surface area contributed by atoms with E-state index in [2.05, 4.69) is 0 Å². The molecule has 0 aliphatic carbocycles. The molecule has 0 saturated carbocycles. The van der Waals surface area contributed by atoms with Gasteiger partial charge in [-0.1, -0.05) is 6.92 Å². The summed E-state index contributed by atoms with van der Waals surface area (Å²) in [6, 6.07) is 4.85. The maximum Gasteiger partial charge on any atom is 0.243 e. The SMILES string of the molecule is CCCN(C)S(=O)(=O)c1ccc(N)cc1C. The first kappa shape index (κ1) is 13.0. The second-order valence-corrected chi connectivity index (χ2v) is 5.86. The second-order valence-electron chi connectivity index (χ2n) is 3.85. The third kappa shape index (κ3) is 2.54. The molecule has 0 amide bonds. The summed E-state index contributed by atoms with van der Waals surface area (Å²) in [5.41, 5.74) is 6.86. The van der Waals surface area contributed by atoms with Crippen LogP contribution in [0.1, 0.15) is 18.9 Å². The molecule has 16 heavy (non-hydrogen) atoms. The Bertz CT molecular complexity index is 469. The molecule has 0 spiro atoms. The van der Waals surface area contributed by atoms with Crippen LogP contribution >= 0.6 is 0 Å². The molecule has 1 aromatic carbocycles. The van der Waals surface area contributed by atoms with Crippen molar-refractivity contribution in [3.8, 4) is 0 Å². The van der Waals surface area contributed by atoms with Crippen molar-refractivity contribution in [3.05, 3.63) is 23.8 Å². The summed E-state index contributed by atoms with van der Waals surface area (Å²) in [5, 5.41) is 0. The Hall–Kier alpha value is -1.07. The first-order valence-electron chi connectivity index (χ1n) is 5.22. The van der Waals surface area contributed by atoms with Crippen LogP contribution in [0.2, 0.25) is 0 Å². The smallest absolute Gasteiger partial charge is 0.243 e. The summed E-state index contributed by atoms with van der Waals surface area (Å²) >= 11 is 0. The fourth-order valence-corrected chi connectivity index (χ4v) is 3.03. The number of rotatable bonds is 4. The minimum Gasteiger partial charge on any atom is -0.399 e. The Labute approximate surface area is 97.1 Å². The van der Waals surface area contributed by atoms with Crippen molar-refractivity contribution in [1.82, 2.24) is 4.31 Å². The van der Waals surface area contributed by atoms with Crippen molar-refractivity contribution in [3.63, 3.8) is 0 Å². The summed E-state index contributed by atoms with van der Waals surface area (Å²) in [6.45, 7) is 4.22. The largest absolute Gasteiger partial charge is 0.399 e. The lowest BCUT2D eigenvalue weighted by Crippen LogP contribution is -2.28. The lowest BCUT2D eigenvalue weighted by molar-refractivity contribution is 0.468. The van der Waals surface area contributed by atoms with Crippen LogP contribution in [0.15, 0.2) is 23.1 Å². The van der Waals surface area contributed by atoms with E-state index in [1.807, 2.05) is 6.92 Å². The van der Waals surface area contributed by atoms with Gasteiger partial charge in [-0.15, -0.1) is 0 Å². The van der Waals surface area contributed by atoms with Gasteiger partial charge in [0.05, 0.1) is 4.90 Å². The zero-order valence-corrected chi connectivity index (χ0v) is 10.7. The van der Waals surface area contributed by atoms with E-state index in [1.165, 1.54) is 4.31 Å². The van der Waals surface area contributed by atoms with Gasteiger partial charge in [0.25, 0.3) is 0 Å². The molecule has 5 heteroatoms. The van der Waals surface area contributed by atoms with Crippen molar-refractivity contribution in [2.24, 2.45) is 0 Å². The average Bonchev–Trinajstić information content (AvgIpc) is 2.17. The number of sulfonamides is 1. The average molecular weight is 242 g/mol. The quantitative estimate of drug-likeness (QED) is 0.816. The fourth-order valence-electron chi connectivity index (χ4n) is 1.56. The highest BCUT2D eigenvalue weighted by Crippen LogP contribution is 2.20. The summed E-state index contributed by atoms with van der Waals surface area (Å²) in [6.07, 6.45) is 0.795. The molecular formula is C11H18N2O2S. The topological polar surface area (TPSA) is 63.4 Å². The van der Waals surface area contributed by atoms with E-state index in [0.29, 0.717) is 22.7 Å². The molecule has 0 aliphatic rings. The van der Waals surface area contributed by atoms with Gasteiger partial charge in [-0.2, -0.15) is 0 Å². The third-order valence-corrected chi connectivity index (χ3v) is 4.44. The Balaban J connectivity index is 3.17.